The first kappa shape index (κ1) is 19.1. The number of aromatic nitrogens is 3. The largest absolute Gasteiger partial charge is 0.373 e. The Labute approximate surface area is 169 Å². The number of hydrogen-bond acceptors (Lipinski definition) is 4. The van der Waals surface area contributed by atoms with Crippen molar-refractivity contribution < 1.29 is 9.47 Å². The van der Waals surface area contributed by atoms with Crippen molar-refractivity contribution in [2.24, 2.45) is 0 Å². The number of nitrogens with one attached hydrogen (secondary N) is 1. The molecule has 4 rings (SSSR count). The second-order valence-corrected chi connectivity index (χ2v) is 8.58. The molecule has 3 heterocycles. The van der Waals surface area contributed by atoms with Crippen molar-refractivity contribution in [3.8, 4) is 0 Å². The molecule has 2 fully saturated rings. The number of hydrogen-bond donors (Lipinski definition) is 1. The van der Waals surface area contributed by atoms with Crippen molar-refractivity contribution >= 4 is 15.9 Å². The molecule has 1 saturated carbocycles. The van der Waals surface area contributed by atoms with Crippen LogP contribution < -0.4 is 0 Å². The van der Waals surface area contributed by atoms with E-state index in [4.69, 9.17) is 14.5 Å². The lowest BCUT2D eigenvalue weighted by molar-refractivity contribution is -0.0801. The zero-order valence-corrected chi connectivity index (χ0v) is 17.7. The Morgan fingerprint density at radius 1 is 1.33 bits per heavy atom. The number of aryl methyl sites for hydroxylation is 2. The molecule has 2 aliphatic rings. The van der Waals surface area contributed by atoms with E-state index in [0.29, 0.717) is 12.5 Å². The normalized spacial score (nSPS) is 22.9. The lowest BCUT2D eigenvalue weighted by Crippen LogP contribution is -2.26. The highest BCUT2D eigenvalue weighted by Crippen LogP contribution is 2.43. The Bertz CT molecular complexity index is 788. The van der Waals surface area contributed by atoms with Gasteiger partial charge in [-0.3, -0.25) is 10.1 Å². The smallest absolute Gasteiger partial charge is 0.0903 e. The molecule has 5 nitrogen and oxygen atoms in total. The van der Waals surface area contributed by atoms with Gasteiger partial charge in [0, 0.05) is 40.9 Å². The van der Waals surface area contributed by atoms with Gasteiger partial charge >= 0.3 is 0 Å². The number of halogens is 1. The minimum Gasteiger partial charge on any atom is -0.373 e. The predicted octanol–water partition coefficient (Wildman–Crippen LogP) is 5.14. The van der Waals surface area contributed by atoms with Gasteiger partial charge in [0.15, 0.2) is 0 Å². The first-order valence-electron chi connectivity index (χ1n) is 10.1. The van der Waals surface area contributed by atoms with Crippen molar-refractivity contribution in [3.63, 3.8) is 0 Å². The summed E-state index contributed by atoms with van der Waals surface area (Å²) in [6.07, 6.45) is 8.78. The van der Waals surface area contributed by atoms with Gasteiger partial charge in [0.1, 0.15) is 0 Å². The van der Waals surface area contributed by atoms with Gasteiger partial charge in [0.25, 0.3) is 0 Å². The van der Waals surface area contributed by atoms with Crippen LogP contribution in [0.5, 0.6) is 0 Å². The van der Waals surface area contributed by atoms with E-state index in [-0.39, 0.29) is 12.2 Å². The van der Waals surface area contributed by atoms with Crippen LogP contribution in [0, 0.1) is 6.92 Å². The van der Waals surface area contributed by atoms with Crippen LogP contribution in [0.25, 0.3) is 0 Å². The Morgan fingerprint density at radius 3 is 2.96 bits per heavy atom. The molecule has 0 bridgehead atoms. The molecule has 27 heavy (non-hydrogen) atoms. The van der Waals surface area contributed by atoms with E-state index >= 15 is 0 Å². The fraction of sp³-hybridized carbons (Fsp3) is 0.619. The summed E-state index contributed by atoms with van der Waals surface area (Å²) in [4.78, 5) is 4.77. The van der Waals surface area contributed by atoms with Gasteiger partial charge in [-0.2, -0.15) is 5.10 Å². The number of ether oxygens (including phenoxy) is 2. The van der Waals surface area contributed by atoms with Crippen LogP contribution >= 0.6 is 15.9 Å². The molecule has 1 aliphatic carbocycles. The third-order valence-corrected chi connectivity index (χ3v) is 6.25. The van der Waals surface area contributed by atoms with Crippen LogP contribution in [0.4, 0.5) is 0 Å². The summed E-state index contributed by atoms with van der Waals surface area (Å²) in [5, 5.41) is 7.49. The van der Waals surface area contributed by atoms with E-state index in [2.05, 4.69) is 46.0 Å². The highest BCUT2D eigenvalue weighted by molar-refractivity contribution is 9.10. The van der Waals surface area contributed by atoms with Crippen molar-refractivity contribution in [2.45, 2.75) is 77.1 Å². The minimum absolute atomic E-state index is 0.0863. The van der Waals surface area contributed by atoms with Crippen LogP contribution in [-0.4, -0.2) is 27.9 Å². The van der Waals surface area contributed by atoms with Gasteiger partial charge in [-0.05, 0) is 60.2 Å². The van der Waals surface area contributed by atoms with Crippen LogP contribution in [0.3, 0.4) is 0 Å². The molecule has 0 radical (unpaired) electrons. The number of rotatable bonds is 7. The van der Waals surface area contributed by atoms with Crippen molar-refractivity contribution in [3.05, 3.63) is 44.9 Å². The molecule has 2 aromatic rings. The van der Waals surface area contributed by atoms with Gasteiger partial charge in [-0.25, -0.2) is 0 Å². The van der Waals surface area contributed by atoms with Gasteiger partial charge in [0.05, 0.1) is 30.2 Å². The SMILES string of the molecule is CCCc1cc(Br)c(CO[C@H]2CCO[C@@H](c3c[nH]nc3C3CC3)C2)nc1C. The zero-order chi connectivity index (χ0) is 18.8. The summed E-state index contributed by atoms with van der Waals surface area (Å²) in [7, 11) is 0. The third kappa shape index (κ3) is 4.44. The summed E-state index contributed by atoms with van der Waals surface area (Å²) < 4.78 is 13.3. The maximum atomic E-state index is 6.25. The second-order valence-electron chi connectivity index (χ2n) is 7.73. The highest BCUT2D eigenvalue weighted by Gasteiger charge is 2.33. The molecule has 6 heteroatoms. The van der Waals surface area contributed by atoms with E-state index in [0.717, 1.165) is 48.2 Å². The fourth-order valence-electron chi connectivity index (χ4n) is 3.87. The first-order valence-corrected chi connectivity index (χ1v) is 10.9. The number of H-pyrrole nitrogens is 1. The average Bonchev–Trinajstić information content (AvgIpc) is 3.40. The standard InChI is InChI=1S/C21H28BrN3O2/c1-3-4-15-9-18(22)19(24-13(15)2)12-27-16-7-8-26-20(10-16)17-11-23-25-21(17)14-5-6-14/h9,11,14,16,20H,3-8,10,12H2,1-2H3,(H,23,25)/t16-,20+/m0/s1. The first-order chi connectivity index (χ1) is 13.2. The minimum atomic E-state index is 0.0863. The van der Waals surface area contributed by atoms with Crippen molar-refractivity contribution in [1.82, 2.24) is 15.2 Å². The Hall–Kier alpha value is -1.24. The molecule has 0 aromatic carbocycles. The van der Waals surface area contributed by atoms with Gasteiger partial charge in [-0.15, -0.1) is 0 Å². The highest BCUT2D eigenvalue weighted by atomic mass is 79.9. The quantitative estimate of drug-likeness (QED) is 0.656. The molecule has 2 atom stereocenters. The van der Waals surface area contributed by atoms with E-state index in [1.165, 1.54) is 29.7 Å². The van der Waals surface area contributed by atoms with Crippen molar-refractivity contribution in [1.29, 1.82) is 0 Å². The number of pyridine rings is 1. The van der Waals surface area contributed by atoms with Gasteiger partial charge < -0.3 is 9.47 Å². The Balaban J connectivity index is 1.38. The lowest BCUT2D eigenvalue weighted by Gasteiger charge is -2.29. The van der Waals surface area contributed by atoms with Crippen LogP contribution in [-0.2, 0) is 22.5 Å². The average molecular weight is 434 g/mol. The maximum Gasteiger partial charge on any atom is 0.0903 e. The van der Waals surface area contributed by atoms with Crippen LogP contribution in [0.2, 0.25) is 0 Å². The number of aromatic amines is 1. The molecule has 0 amide bonds. The molecular weight excluding hydrogens is 406 g/mol. The van der Waals surface area contributed by atoms with E-state index in [1.807, 2.05) is 6.20 Å². The maximum absolute atomic E-state index is 6.25. The topological polar surface area (TPSA) is 60.0 Å². The molecule has 0 unspecified atom stereocenters. The second kappa shape index (κ2) is 8.41. The summed E-state index contributed by atoms with van der Waals surface area (Å²) in [5.74, 6) is 0.626. The van der Waals surface area contributed by atoms with Crippen LogP contribution in [0.15, 0.2) is 16.7 Å². The summed E-state index contributed by atoms with van der Waals surface area (Å²) in [5.41, 5.74) is 5.83. The molecule has 1 saturated heterocycles. The molecule has 0 spiro atoms. The molecular formula is C21H28BrN3O2. The number of nitrogens with zero attached hydrogens (tertiary/aromatic N) is 2. The Morgan fingerprint density at radius 2 is 2.19 bits per heavy atom. The fourth-order valence-corrected chi connectivity index (χ4v) is 4.35. The lowest BCUT2D eigenvalue weighted by atomic mass is 9.98. The van der Waals surface area contributed by atoms with E-state index in [1.54, 1.807) is 0 Å². The summed E-state index contributed by atoms with van der Waals surface area (Å²) >= 11 is 3.67. The predicted molar refractivity (Wildman–Crippen MR) is 108 cm³/mol. The molecule has 2 aromatic heterocycles. The zero-order valence-electron chi connectivity index (χ0n) is 16.1. The third-order valence-electron chi connectivity index (χ3n) is 5.57. The Kier molecular flexibility index (Phi) is 5.95. The molecule has 1 aliphatic heterocycles. The van der Waals surface area contributed by atoms with Crippen LogP contribution in [0.1, 0.15) is 79.3 Å². The molecule has 1 N–H and O–H groups in total. The summed E-state index contributed by atoms with van der Waals surface area (Å²) in [6, 6.07) is 2.20. The van der Waals surface area contributed by atoms with Crippen molar-refractivity contribution in [2.75, 3.05) is 6.61 Å². The monoisotopic (exact) mass is 433 g/mol. The molecule has 146 valence electrons. The van der Waals surface area contributed by atoms with E-state index < -0.39 is 0 Å². The van der Waals surface area contributed by atoms with Gasteiger partial charge in [-0.1, -0.05) is 13.3 Å². The van der Waals surface area contributed by atoms with Gasteiger partial charge in [0.2, 0.25) is 0 Å². The van der Waals surface area contributed by atoms with E-state index in [9.17, 15) is 0 Å². The summed E-state index contributed by atoms with van der Waals surface area (Å²) in [6.45, 7) is 5.55.